The minimum absolute atomic E-state index is 0.271. The molecule has 0 aliphatic rings. The number of hydrogen-bond acceptors (Lipinski definition) is 3. The minimum Gasteiger partial charge on any atom is -0.497 e. The largest absolute Gasteiger partial charge is 0.497 e. The van der Waals surface area contributed by atoms with Gasteiger partial charge in [0, 0.05) is 19.6 Å². The van der Waals surface area contributed by atoms with E-state index in [0.29, 0.717) is 5.75 Å². The Morgan fingerprint density at radius 2 is 1.88 bits per heavy atom. The molecule has 0 aromatic heterocycles. The van der Waals surface area contributed by atoms with Crippen molar-refractivity contribution in [2.24, 2.45) is 0 Å². The molecule has 0 bridgehead atoms. The number of hydrogen-bond donors (Lipinski definition) is 1. The average Bonchev–Trinajstić information content (AvgIpc) is 2.54. The van der Waals surface area contributed by atoms with E-state index < -0.39 is 10.2 Å². The third-order valence-electron chi connectivity index (χ3n) is 3.93. The van der Waals surface area contributed by atoms with Crippen LogP contribution in [0.15, 0.2) is 48.5 Å². The highest BCUT2D eigenvalue weighted by atomic mass is 32.2. The summed E-state index contributed by atoms with van der Waals surface area (Å²) in [5.41, 5.74) is 2.89. The molecule has 2 rings (SSSR count). The fourth-order valence-corrected chi connectivity index (χ4v) is 3.64. The molecule has 0 aliphatic heterocycles. The molecule has 24 heavy (non-hydrogen) atoms. The van der Waals surface area contributed by atoms with Crippen LogP contribution >= 0.6 is 0 Å². The molecule has 0 saturated heterocycles. The fraction of sp³-hybridized carbons (Fsp3) is 0.333. The summed E-state index contributed by atoms with van der Waals surface area (Å²) in [6.07, 6.45) is 0. The van der Waals surface area contributed by atoms with Crippen LogP contribution in [0.2, 0.25) is 0 Å². The van der Waals surface area contributed by atoms with Crippen molar-refractivity contribution in [1.29, 1.82) is 0 Å². The first-order valence-corrected chi connectivity index (χ1v) is 9.19. The number of nitrogens with zero attached hydrogens (tertiary/aromatic N) is 1. The summed E-state index contributed by atoms with van der Waals surface area (Å²) in [6, 6.07) is 14.8. The monoisotopic (exact) mass is 348 g/mol. The zero-order valence-electron chi connectivity index (χ0n) is 14.5. The van der Waals surface area contributed by atoms with Gasteiger partial charge in [-0.05, 0) is 42.7 Å². The molecule has 2 aromatic rings. The predicted molar refractivity (Wildman–Crippen MR) is 96.1 cm³/mol. The van der Waals surface area contributed by atoms with Crippen molar-refractivity contribution >= 4 is 10.2 Å². The van der Waals surface area contributed by atoms with Gasteiger partial charge in [0.05, 0.1) is 7.11 Å². The third kappa shape index (κ3) is 4.56. The van der Waals surface area contributed by atoms with E-state index in [2.05, 4.69) is 4.72 Å². The van der Waals surface area contributed by atoms with Crippen molar-refractivity contribution in [3.05, 3.63) is 65.2 Å². The zero-order chi connectivity index (χ0) is 17.7. The van der Waals surface area contributed by atoms with Gasteiger partial charge in [-0.15, -0.1) is 0 Å². The molecule has 0 aliphatic carbocycles. The van der Waals surface area contributed by atoms with E-state index in [1.165, 1.54) is 4.31 Å². The number of benzene rings is 2. The van der Waals surface area contributed by atoms with Gasteiger partial charge in [0.15, 0.2) is 0 Å². The Labute approximate surface area is 144 Å². The summed E-state index contributed by atoms with van der Waals surface area (Å²) >= 11 is 0. The van der Waals surface area contributed by atoms with Gasteiger partial charge >= 0.3 is 0 Å². The molecule has 0 unspecified atom stereocenters. The van der Waals surface area contributed by atoms with Crippen LogP contribution in [0.4, 0.5) is 0 Å². The molecule has 0 heterocycles. The lowest BCUT2D eigenvalue weighted by molar-refractivity contribution is 0.411. The van der Waals surface area contributed by atoms with Gasteiger partial charge in [0.1, 0.15) is 5.75 Å². The number of methoxy groups -OCH3 is 1. The van der Waals surface area contributed by atoms with Crippen molar-refractivity contribution in [2.45, 2.75) is 26.4 Å². The molecule has 1 atom stereocenters. The first kappa shape index (κ1) is 18.4. The Morgan fingerprint density at radius 1 is 1.17 bits per heavy atom. The van der Waals surface area contributed by atoms with Crippen molar-refractivity contribution in [1.82, 2.24) is 9.03 Å². The fourth-order valence-electron chi connectivity index (χ4n) is 2.56. The van der Waals surface area contributed by atoms with Crippen molar-refractivity contribution in [3.8, 4) is 5.75 Å². The van der Waals surface area contributed by atoms with Crippen molar-refractivity contribution in [3.63, 3.8) is 0 Å². The van der Waals surface area contributed by atoms with Gasteiger partial charge in [-0.2, -0.15) is 17.4 Å². The second-order valence-electron chi connectivity index (χ2n) is 5.81. The van der Waals surface area contributed by atoms with Crippen molar-refractivity contribution < 1.29 is 13.2 Å². The van der Waals surface area contributed by atoms with Crippen LogP contribution in [0.3, 0.4) is 0 Å². The molecule has 130 valence electrons. The SMILES string of the molecule is COc1cccc(CN(C)S(=O)(=O)N[C@H](C)c2ccccc2C)c1. The summed E-state index contributed by atoms with van der Waals surface area (Å²) in [5, 5.41) is 0. The topological polar surface area (TPSA) is 58.6 Å². The van der Waals surface area contributed by atoms with Crippen LogP contribution in [-0.2, 0) is 16.8 Å². The van der Waals surface area contributed by atoms with Crippen LogP contribution in [0.25, 0.3) is 0 Å². The maximum Gasteiger partial charge on any atom is 0.280 e. The Morgan fingerprint density at radius 3 is 2.54 bits per heavy atom. The second-order valence-corrected chi connectivity index (χ2v) is 7.62. The summed E-state index contributed by atoms with van der Waals surface area (Å²) in [6.45, 7) is 4.09. The quantitative estimate of drug-likeness (QED) is 0.837. The van der Waals surface area contributed by atoms with Crippen molar-refractivity contribution in [2.75, 3.05) is 14.2 Å². The van der Waals surface area contributed by atoms with E-state index in [1.54, 1.807) is 14.2 Å². The molecular weight excluding hydrogens is 324 g/mol. The lowest BCUT2D eigenvalue weighted by Crippen LogP contribution is -2.39. The molecule has 5 nitrogen and oxygen atoms in total. The van der Waals surface area contributed by atoms with E-state index >= 15 is 0 Å². The van der Waals surface area contributed by atoms with Gasteiger partial charge in [0.2, 0.25) is 0 Å². The summed E-state index contributed by atoms with van der Waals surface area (Å²) in [4.78, 5) is 0. The van der Waals surface area contributed by atoms with Gasteiger partial charge in [-0.3, -0.25) is 0 Å². The molecule has 0 spiro atoms. The first-order chi connectivity index (χ1) is 11.3. The van der Waals surface area contributed by atoms with E-state index in [9.17, 15) is 8.42 Å². The highest BCUT2D eigenvalue weighted by molar-refractivity contribution is 7.87. The van der Waals surface area contributed by atoms with E-state index in [4.69, 9.17) is 4.74 Å². The van der Waals surface area contributed by atoms with E-state index in [-0.39, 0.29) is 12.6 Å². The Kier molecular flexibility index (Phi) is 5.99. The lowest BCUT2D eigenvalue weighted by atomic mass is 10.0. The number of rotatable bonds is 7. The average molecular weight is 348 g/mol. The van der Waals surface area contributed by atoms with Gasteiger partial charge in [0.25, 0.3) is 10.2 Å². The van der Waals surface area contributed by atoms with Gasteiger partial charge < -0.3 is 4.74 Å². The number of ether oxygens (including phenoxy) is 1. The van der Waals surface area contributed by atoms with Gasteiger partial charge in [-0.25, -0.2) is 0 Å². The standard InChI is InChI=1S/C18H24N2O3S/c1-14-8-5-6-11-18(14)15(2)19-24(21,22)20(3)13-16-9-7-10-17(12-16)23-4/h5-12,15,19H,13H2,1-4H3/t15-/m1/s1. The lowest BCUT2D eigenvalue weighted by Gasteiger charge is -2.22. The smallest absolute Gasteiger partial charge is 0.280 e. The van der Waals surface area contributed by atoms with Crippen LogP contribution in [0.1, 0.15) is 29.7 Å². The van der Waals surface area contributed by atoms with Gasteiger partial charge in [-0.1, -0.05) is 36.4 Å². The molecule has 0 fully saturated rings. The Bertz CT molecular complexity index is 790. The molecular formula is C18H24N2O3S. The maximum atomic E-state index is 12.6. The van der Waals surface area contributed by atoms with Crippen LogP contribution in [0.5, 0.6) is 5.75 Å². The minimum atomic E-state index is -3.60. The maximum absolute atomic E-state index is 12.6. The molecule has 0 saturated carbocycles. The zero-order valence-corrected chi connectivity index (χ0v) is 15.3. The highest BCUT2D eigenvalue weighted by Gasteiger charge is 2.22. The van der Waals surface area contributed by atoms with Crippen LogP contribution in [0, 0.1) is 6.92 Å². The molecule has 0 radical (unpaired) electrons. The van der Waals surface area contributed by atoms with E-state index in [0.717, 1.165) is 16.7 Å². The third-order valence-corrected chi connectivity index (χ3v) is 5.53. The molecule has 0 amide bonds. The Hall–Kier alpha value is -1.89. The number of nitrogens with one attached hydrogen (secondary N) is 1. The van der Waals surface area contributed by atoms with Crippen LogP contribution < -0.4 is 9.46 Å². The normalized spacial score (nSPS) is 13.0. The number of aryl methyl sites for hydroxylation is 1. The highest BCUT2D eigenvalue weighted by Crippen LogP contribution is 2.19. The molecule has 2 aromatic carbocycles. The molecule has 6 heteroatoms. The second kappa shape index (κ2) is 7.79. The first-order valence-electron chi connectivity index (χ1n) is 7.75. The summed E-state index contributed by atoms with van der Waals surface area (Å²) in [7, 11) is -0.449. The summed E-state index contributed by atoms with van der Waals surface area (Å²) < 4.78 is 34.3. The van der Waals surface area contributed by atoms with Crippen LogP contribution in [-0.4, -0.2) is 26.9 Å². The molecule has 1 N–H and O–H groups in total. The predicted octanol–water partition coefficient (Wildman–Crippen LogP) is 3.03. The van der Waals surface area contributed by atoms with E-state index in [1.807, 2.05) is 62.4 Å². The summed E-state index contributed by atoms with van der Waals surface area (Å²) in [5.74, 6) is 0.708. The Balaban J connectivity index is 2.10.